The molecule has 11 heteroatoms. The zero-order chi connectivity index (χ0) is 36.3. The zero-order valence-corrected chi connectivity index (χ0v) is 31.3. The van der Waals surface area contributed by atoms with Gasteiger partial charge in [-0.2, -0.15) is 0 Å². The molecule has 282 valence electrons. The minimum absolute atomic E-state index is 0.0629. The minimum Gasteiger partial charge on any atom is -0.457 e. The van der Waals surface area contributed by atoms with Gasteiger partial charge in [0, 0.05) is 64.8 Å². The van der Waals surface area contributed by atoms with Crippen LogP contribution in [0.15, 0.2) is 36.0 Å². The smallest absolute Gasteiger partial charge is 0.410 e. The number of cyclic esters (lactones) is 1. The summed E-state index contributed by atoms with van der Waals surface area (Å²) >= 11 is 0. The highest BCUT2D eigenvalue weighted by atomic mass is 16.6. The van der Waals surface area contributed by atoms with Crippen LogP contribution in [-0.4, -0.2) is 131 Å². The molecule has 2 saturated heterocycles. The van der Waals surface area contributed by atoms with E-state index in [1.54, 1.807) is 22.8 Å². The first-order valence-corrected chi connectivity index (χ1v) is 19.2. The molecule has 1 aliphatic carbocycles. The number of urea groups is 1. The number of aliphatic hydroxyl groups is 2. The highest BCUT2D eigenvalue weighted by molar-refractivity contribution is 5.74. The summed E-state index contributed by atoms with van der Waals surface area (Å²) in [5, 5.41) is 22.2. The molecule has 0 aromatic heterocycles. The van der Waals surface area contributed by atoms with E-state index in [9.17, 15) is 24.6 Å². The summed E-state index contributed by atoms with van der Waals surface area (Å²) in [5.41, 5.74) is -0.653. The van der Waals surface area contributed by atoms with Gasteiger partial charge in [-0.15, -0.1) is 0 Å². The number of rotatable bonds is 7. The maximum absolute atomic E-state index is 13.5. The number of likely N-dealkylation sites (tertiary alicyclic amines) is 1. The van der Waals surface area contributed by atoms with Gasteiger partial charge in [0.15, 0.2) is 6.10 Å². The van der Waals surface area contributed by atoms with Crippen molar-refractivity contribution in [3.8, 4) is 0 Å². The maximum Gasteiger partial charge on any atom is 0.410 e. The lowest BCUT2D eigenvalue weighted by Gasteiger charge is -2.40. The minimum atomic E-state index is -1.46. The highest BCUT2D eigenvalue weighted by Gasteiger charge is 2.37. The van der Waals surface area contributed by atoms with Crippen LogP contribution in [-0.2, 0) is 14.3 Å². The molecule has 3 aliphatic heterocycles. The Morgan fingerprint density at radius 1 is 1.02 bits per heavy atom. The van der Waals surface area contributed by atoms with E-state index in [1.165, 1.54) is 38.5 Å². The van der Waals surface area contributed by atoms with Crippen LogP contribution in [0.25, 0.3) is 0 Å². The molecule has 0 spiro atoms. The Bertz CT molecular complexity index is 1200. The molecule has 1 unspecified atom stereocenters. The molecule has 50 heavy (non-hydrogen) atoms. The normalized spacial score (nSPS) is 31.3. The van der Waals surface area contributed by atoms with Crippen molar-refractivity contribution in [2.75, 3.05) is 52.9 Å². The fourth-order valence-electron chi connectivity index (χ4n) is 7.74. The van der Waals surface area contributed by atoms with E-state index in [1.807, 2.05) is 50.1 Å². The van der Waals surface area contributed by atoms with Gasteiger partial charge in [0.1, 0.15) is 11.7 Å². The summed E-state index contributed by atoms with van der Waals surface area (Å²) in [6.45, 7) is 12.5. The van der Waals surface area contributed by atoms with Crippen molar-refractivity contribution < 1.29 is 34.1 Å². The van der Waals surface area contributed by atoms with Crippen LogP contribution in [0, 0.1) is 11.8 Å². The van der Waals surface area contributed by atoms with E-state index in [0.717, 1.165) is 44.6 Å². The van der Waals surface area contributed by atoms with E-state index < -0.39 is 36.0 Å². The average molecular weight is 701 g/mol. The van der Waals surface area contributed by atoms with Crippen molar-refractivity contribution in [2.45, 2.75) is 128 Å². The van der Waals surface area contributed by atoms with E-state index >= 15 is 0 Å². The molecule has 0 aromatic carbocycles. The number of ether oxygens (including phenoxy) is 2. The first kappa shape index (κ1) is 39.9. The monoisotopic (exact) mass is 700 g/mol. The van der Waals surface area contributed by atoms with Gasteiger partial charge in [-0.3, -0.25) is 9.69 Å². The first-order chi connectivity index (χ1) is 23.8. The molecule has 4 aliphatic rings. The average Bonchev–Trinajstić information content (AvgIpc) is 3.49. The fourth-order valence-corrected chi connectivity index (χ4v) is 7.74. The number of esters is 1. The van der Waals surface area contributed by atoms with Crippen LogP contribution < -0.4 is 0 Å². The number of carbonyl (C=O) groups is 3. The Morgan fingerprint density at radius 3 is 2.34 bits per heavy atom. The Kier molecular flexibility index (Phi) is 15.2. The summed E-state index contributed by atoms with van der Waals surface area (Å²) in [4.78, 5) is 47.0. The summed E-state index contributed by atoms with van der Waals surface area (Å²) in [5.74, 6) is -0.720. The van der Waals surface area contributed by atoms with E-state index in [-0.39, 0.29) is 37.1 Å². The second-order valence-corrected chi connectivity index (χ2v) is 15.5. The largest absolute Gasteiger partial charge is 0.457 e. The number of nitrogens with zero attached hydrogens (tertiary/aromatic N) is 4. The van der Waals surface area contributed by atoms with Gasteiger partial charge in [-0.25, -0.2) is 9.59 Å². The van der Waals surface area contributed by atoms with E-state index in [4.69, 9.17) is 9.47 Å². The SMILES string of the molecule is C/C(=C\C=C\C(C)CN(C)C(=O)N1CCCC1)[C@H]1OC(=O)C[C@@H](O)CC[C@](C)(O)[C@@H](OC(=O)N2CCN(C3CCCCCC3)CC2)/C=C/[C@@H]1C. The van der Waals surface area contributed by atoms with Crippen LogP contribution in [0.2, 0.25) is 0 Å². The van der Waals surface area contributed by atoms with Gasteiger partial charge in [0.25, 0.3) is 0 Å². The molecule has 3 amide bonds. The number of hydrogen-bond donors (Lipinski definition) is 2. The standard InChI is InChI=1S/C39H64N4O7/c1-29(28-40(5)37(46)42-21-10-11-22-42)13-12-14-30(2)36-31(3)17-18-34(39(4,48)20-19-33(44)27-35(45)50-36)49-38(47)43-25-23-41(24-26-43)32-15-8-6-7-9-16-32/h12-14,17-18,29,31-34,36,44,48H,6-11,15-16,19-28H2,1-5H3/b13-12+,18-17+,30-14+/t29?,31-,33-,34-,36+,39-/m0/s1. The van der Waals surface area contributed by atoms with E-state index in [2.05, 4.69) is 11.8 Å². The maximum atomic E-state index is 13.5. The third-order valence-corrected chi connectivity index (χ3v) is 11.0. The number of aliphatic hydroxyl groups excluding tert-OH is 1. The lowest BCUT2D eigenvalue weighted by Crippen LogP contribution is -2.53. The number of amides is 3. The van der Waals surface area contributed by atoms with Crippen LogP contribution in [0.5, 0.6) is 0 Å². The van der Waals surface area contributed by atoms with Gasteiger partial charge in [0.2, 0.25) is 0 Å². The molecular formula is C39H64N4O7. The van der Waals surface area contributed by atoms with Crippen LogP contribution in [0.3, 0.4) is 0 Å². The highest BCUT2D eigenvalue weighted by Crippen LogP contribution is 2.28. The van der Waals surface area contributed by atoms with Crippen LogP contribution in [0.4, 0.5) is 9.59 Å². The van der Waals surface area contributed by atoms with Crippen molar-refractivity contribution in [3.05, 3.63) is 36.0 Å². The van der Waals surface area contributed by atoms with Gasteiger partial charge < -0.3 is 34.4 Å². The predicted octanol–water partition coefficient (Wildman–Crippen LogP) is 5.52. The lowest BCUT2D eigenvalue weighted by atomic mass is 9.89. The number of allylic oxidation sites excluding steroid dienone is 2. The Morgan fingerprint density at radius 2 is 1.68 bits per heavy atom. The number of hydrogen-bond acceptors (Lipinski definition) is 8. The van der Waals surface area contributed by atoms with Crippen molar-refractivity contribution in [3.63, 3.8) is 0 Å². The van der Waals surface area contributed by atoms with Crippen molar-refractivity contribution >= 4 is 18.1 Å². The third-order valence-electron chi connectivity index (χ3n) is 11.0. The summed E-state index contributed by atoms with van der Waals surface area (Å²) in [6.07, 6.45) is 16.2. The predicted molar refractivity (Wildman–Crippen MR) is 194 cm³/mol. The second kappa shape index (κ2) is 19.1. The molecule has 6 atom stereocenters. The molecule has 1 saturated carbocycles. The van der Waals surface area contributed by atoms with Crippen molar-refractivity contribution in [1.29, 1.82) is 0 Å². The quantitative estimate of drug-likeness (QED) is 0.154. The molecule has 3 fully saturated rings. The van der Waals surface area contributed by atoms with Gasteiger partial charge in [-0.1, -0.05) is 63.8 Å². The Labute approximate surface area is 300 Å². The molecule has 11 nitrogen and oxygen atoms in total. The first-order valence-electron chi connectivity index (χ1n) is 19.2. The zero-order valence-electron chi connectivity index (χ0n) is 31.3. The molecule has 0 radical (unpaired) electrons. The summed E-state index contributed by atoms with van der Waals surface area (Å²) < 4.78 is 11.9. The van der Waals surface area contributed by atoms with Crippen molar-refractivity contribution in [1.82, 2.24) is 19.6 Å². The lowest BCUT2D eigenvalue weighted by molar-refractivity contribution is -0.151. The second-order valence-electron chi connectivity index (χ2n) is 15.5. The summed E-state index contributed by atoms with van der Waals surface area (Å²) in [6, 6.07) is 0.655. The van der Waals surface area contributed by atoms with Gasteiger partial charge in [-0.05, 0) is 69.9 Å². The van der Waals surface area contributed by atoms with E-state index in [0.29, 0.717) is 25.7 Å². The molecule has 0 aromatic rings. The topological polar surface area (TPSA) is 123 Å². The fraction of sp³-hybridized carbons (Fsp3) is 0.769. The Hall–Kier alpha value is -2.89. The molecule has 4 rings (SSSR count). The molecule has 0 bridgehead atoms. The van der Waals surface area contributed by atoms with Crippen molar-refractivity contribution in [2.24, 2.45) is 11.8 Å². The van der Waals surface area contributed by atoms with Crippen LogP contribution in [0.1, 0.15) is 98.3 Å². The molecule has 3 heterocycles. The number of carbonyl (C=O) groups excluding carboxylic acids is 3. The summed E-state index contributed by atoms with van der Waals surface area (Å²) in [7, 11) is 1.83. The van der Waals surface area contributed by atoms with Gasteiger partial charge >= 0.3 is 18.1 Å². The third kappa shape index (κ3) is 11.8. The van der Waals surface area contributed by atoms with Gasteiger partial charge in [0.05, 0.1) is 12.5 Å². The molecule has 2 N–H and O–H groups in total. The molecular weight excluding hydrogens is 636 g/mol. The Balaban J connectivity index is 1.41. The van der Waals surface area contributed by atoms with Crippen LogP contribution >= 0.6 is 0 Å². The number of piperazine rings is 1.